The maximum atomic E-state index is 14.2. The summed E-state index contributed by atoms with van der Waals surface area (Å²) in [5.41, 5.74) is 5.71. The number of carbonyl (C=O) groups is 1. The average molecular weight is 494 g/mol. The molecule has 3 aromatic carbocycles. The van der Waals surface area contributed by atoms with Crippen molar-refractivity contribution < 1.29 is 23.8 Å². The number of hydrogen-bond donors (Lipinski definition) is 2. The van der Waals surface area contributed by atoms with Crippen LogP contribution in [-0.4, -0.2) is 25.2 Å². The molecular formula is C28H25ClFNO4. The SMILES string of the molecule is COc1cc(C/C=C2/C(C)=C(CC(=O)Nc3ccc(Cl)cc3)c3cc(F)ccc32)cc(OC)c1O. The van der Waals surface area contributed by atoms with Gasteiger partial charge in [-0.1, -0.05) is 23.7 Å². The highest BCUT2D eigenvalue weighted by Gasteiger charge is 2.26. The second kappa shape index (κ2) is 10.2. The van der Waals surface area contributed by atoms with Crippen molar-refractivity contribution in [3.05, 3.63) is 93.8 Å². The molecule has 0 spiro atoms. The number of methoxy groups -OCH3 is 2. The fourth-order valence-corrected chi connectivity index (χ4v) is 4.37. The fraction of sp³-hybridized carbons (Fsp3) is 0.179. The first kappa shape index (κ1) is 24.4. The highest BCUT2D eigenvalue weighted by molar-refractivity contribution is 6.30. The van der Waals surface area contributed by atoms with Crippen molar-refractivity contribution in [2.24, 2.45) is 0 Å². The van der Waals surface area contributed by atoms with Gasteiger partial charge in [-0.05, 0) is 95.3 Å². The standard InChI is InChI=1S/C28H25ClFNO4/c1-16-21(10-4-17-12-25(34-2)28(33)26(13-17)35-3)22-11-7-19(30)14-24(22)23(16)15-27(32)31-20-8-5-18(29)6-9-20/h5-14,33H,4,15H2,1-3H3,(H,31,32)/b21-10-. The largest absolute Gasteiger partial charge is 0.502 e. The van der Waals surface area contributed by atoms with E-state index in [1.807, 2.05) is 13.0 Å². The van der Waals surface area contributed by atoms with Gasteiger partial charge in [0.15, 0.2) is 11.5 Å². The van der Waals surface area contributed by atoms with Crippen LogP contribution >= 0.6 is 11.6 Å². The number of nitrogens with one attached hydrogen (secondary N) is 1. The normalized spacial score (nSPS) is 13.7. The molecule has 5 nitrogen and oxygen atoms in total. The van der Waals surface area contributed by atoms with Crippen LogP contribution < -0.4 is 14.8 Å². The molecule has 0 saturated heterocycles. The smallest absolute Gasteiger partial charge is 0.228 e. The molecule has 0 unspecified atom stereocenters. The van der Waals surface area contributed by atoms with Gasteiger partial charge in [-0.3, -0.25) is 4.79 Å². The Morgan fingerprint density at radius 3 is 2.31 bits per heavy atom. The number of hydrogen-bond acceptors (Lipinski definition) is 4. The Bertz CT molecular complexity index is 1320. The van der Waals surface area contributed by atoms with Gasteiger partial charge in [0.2, 0.25) is 11.7 Å². The Labute approximate surface area is 208 Å². The molecule has 0 fully saturated rings. The van der Waals surface area contributed by atoms with Crippen LogP contribution in [-0.2, 0) is 11.2 Å². The molecule has 0 saturated carbocycles. The molecule has 1 aliphatic rings. The topological polar surface area (TPSA) is 67.8 Å². The van der Waals surface area contributed by atoms with E-state index in [0.29, 0.717) is 34.2 Å². The van der Waals surface area contributed by atoms with E-state index in [-0.39, 0.29) is 23.9 Å². The van der Waals surface area contributed by atoms with Gasteiger partial charge >= 0.3 is 0 Å². The third kappa shape index (κ3) is 5.17. The molecule has 2 N–H and O–H groups in total. The molecule has 1 amide bonds. The number of fused-ring (bicyclic) bond motifs is 1. The lowest BCUT2D eigenvalue weighted by atomic mass is 10.00. The van der Waals surface area contributed by atoms with Gasteiger partial charge in [-0.15, -0.1) is 0 Å². The Hall–Kier alpha value is -3.77. The molecule has 4 rings (SSSR count). The Morgan fingerprint density at radius 2 is 1.69 bits per heavy atom. The number of amides is 1. The number of phenols is 1. The van der Waals surface area contributed by atoms with Gasteiger partial charge in [0.05, 0.1) is 20.6 Å². The minimum absolute atomic E-state index is 0.0573. The molecule has 0 bridgehead atoms. The summed E-state index contributed by atoms with van der Waals surface area (Å²) in [5, 5.41) is 13.6. The van der Waals surface area contributed by atoms with Crippen LogP contribution in [0, 0.1) is 5.82 Å². The Balaban J connectivity index is 1.64. The first-order valence-corrected chi connectivity index (χ1v) is 11.4. The molecule has 0 aromatic heterocycles. The molecule has 7 heteroatoms. The lowest BCUT2D eigenvalue weighted by molar-refractivity contribution is -0.115. The van der Waals surface area contributed by atoms with E-state index in [0.717, 1.165) is 27.8 Å². The lowest BCUT2D eigenvalue weighted by Crippen LogP contribution is -2.12. The number of benzene rings is 3. The van der Waals surface area contributed by atoms with Crippen LogP contribution in [0.2, 0.25) is 5.02 Å². The van der Waals surface area contributed by atoms with Crippen molar-refractivity contribution in [1.82, 2.24) is 0 Å². The third-order valence-electron chi connectivity index (χ3n) is 6.00. The van der Waals surface area contributed by atoms with Crippen molar-refractivity contribution in [2.45, 2.75) is 19.8 Å². The zero-order chi connectivity index (χ0) is 25.1. The number of carbonyl (C=O) groups excluding carboxylic acids is 1. The van der Waals surface area contributed by atoms with Crippen LogP contribution in [0.4, 0.5) is 10.1 Å². The number of allylic oxidation sites excluding steroid dienone is 3. The summed E-state index contributed by atoms with van der Waals surface area (Å²) in [6.45, 7) is 1.94. The Morgan fingerprint density at radius 1 is 1.03 bits per heavy atom. The van der Waals surface area contributed by atoms with Crippen molar-refractivity contribution in [3.63, 3.8) is 0 Å². The van der Waals surface area contributed by atoms with Crippen LogP contribution in [0.25, 0.3) is 11.1 Å². The zero-order valence-electron chi connectivity index (χ0n) is 19.6. The van der Waals surface area contributed by atoms with Crippen molar-refractivity contribution in [2.75, 3.05) is 19.5 Å². The summed E-state index contributed by atoms with van der Waals surface area (Å²) in [6.07, 6.45) is 2.64. The van der Waals surface area contributed by atoms with Crippen LogP contribution in [0.1, 0.15) is 30.0 Å². The molecule has 0 radical (unpaired) electrons. The highest BCUT2D eigenvalue weighted by atomic mass is 35.5. The van der Waals surface area contributed by atoms with Crippen molar-refractivity contribution >= 4 is 34.3 Å². The highest BCUT2D eigenvalue weighted by Crippen LogP contribution is 2.44. The van der Waals surface area contributed by atoms with E-state index in [1.54, 1.807) is 42.5 Å². The summed E-state index contributed by atoms with van der Waals surface area (Å²) in [4.78, 5) is 12.8. The first-order valence-electron chi connectivity index (χ1n) is 11.0. The van der Waals surface area contributed by atoms with Gasteiger partial charge in [0.1, 0.15) is 5.82 Å². The summed E-state index contributed by atoms with van der Waals surface area (Å²) < 4.78 is 24.7. The fourth-order valence-electron chi connectivity index (χ4n) is 4.24. The van der Waals surface area contributed by atoms with Gasteiger partial charge < -0.3 is 19.9 Å². The van der Waals surface area contributed by atoms with E-state index in [4.69, 9.17) is 21.1 Å². The molecule has 35 heavy (non-hydrogen) atoms. The van der Waals surface area contributed by atoms with Gasteiger partial charge in [-0.2, -0.15) is 0 Å². The minimum Gasteiger partial charge on any atom is -0.502 e. The van der Waals surface area contributed by atoms with Gasteiger partial charge in [0.25, 0.3) is 0 Å². The number of ether oxygens (including phenoxy) is 2. The molecule has 0 aliphatic heterocycles. The second-order valence-corrected chi connectivity index (χ2v) is 8.63. The molecular weight excluding hydrogens is 469 g/mol. The average Bonchev–Trinajstić information content (AvgIpc) is 3.09. The van der Waals surface area contributed by atoms with E-state index in [2.05, 4.69) is 5.32 Å². The zero-order valence-corrected chi connectivity index (χ0v) is 20.4. The number of halogens is 2. The summed E-state index contributed by atoms with van der Waals surface area (Å²) in [7, 11) is 2.96. The minimum atomic E-state index is -0.360. The maximum absolute atomic E-state index is 14.2. The predicted molar refractivity (Wildman–Crippen MR) is 137 cm³/mol. The quantitative estimate of drug-likeness (QED) is 0.387. The lowest BCUT2D eigenvalue weighted by Gasteiger charge is -2.11. The molecule has 1 aliphatic carbocycles. The van der Waals surface area contributed by atoms with Crippen molar-refractivity contribution in [1.29, 1.82) is 0 Å². The van der Waals surface area contributed by atoms with E-state index >= 15 is 0 Å². The maximum Gasteiger partial charge on any atom is 0.228 e. The van der Waals surface area contributed by atoms with Crippen molar-refractivity contribution in [3.8, 4) is 17.2 Å². The van der Waals surface area contributed by atoms with E-state index < -0.39 is 0 Å². The van der Waals surface area contributed by atoms with Gasteiger partial charge in [-0.25, -0.2) is 4.39 Å². The van der Waals surface area contributed by atoms with E-state index in [9.17, 15) is 14.3 Å². The van der Waals surface area contributed by atoms with Crippen LogP contribution in [0.15, 0.2) is 66.2 Å². The monoisotopic (exact) mass is 493 g/mol. The van der Waals surface area contributed by atoms with E-state index in [1.165, 1.54) is 26.4 Å². The number of anilines is 1. The van der Waals surface area contributed by atoms with Gasteiger partial charge in [0, 0.05) is 10.7 Å². The molecule has 3 aromatic rings. The second-order valence-electron chi connectivity index (χ2n) is 8.20. The van der Waals surface area contributed by atoms with Crippen LogP contribution in [0.3, 0.4) is 0 Å². The molecule has 0 atom stereocenters. The predicted octanol–water partition coefficient (Wildman–Crippen LogP) is 6.64. The summed E-state index contributed by atoms with van der Waals surface area (Å²) in [5.74, 6) is 0.0163. The summed E-state index contributed by atoms with van der Waals surface area (Å²) in [6, 6.07) is 15.0. The number of rotatable bonds is 7. The molecule has 0 heterocycles. The number of aromatic hydroxyl groups is 1. The summed E-state index contributed by atoms with van der Waals surface area (Å²) >= 11 is 5.92. The first-order chi connectivity index (χ1) is 16.8. The number of phenolic OH excluding ortho intramolecular Hbond substituents is 1. The third-order valence-corrected chi connectivity index (χ3v) is 6.25. The molecule has 180 valence electrons. The Kier molecular flexibility index (Phi) is 7.12. The van der Waals surface area contributed by atoms with Crippen LogP contribution in [0.5, 0.6) is 17.2 Å².